The number of nitrogens with two attached hydrogens (primary N) is 1. The van der Waals surface area contributed by atoms with Gasteiger partial charge in [-0.2, -0.15) is 8.78 Å². The second kappa shape index (κ2) is 6.69. The van der Waals surface area contributed by atoms with Gasteiger partial charge in [0.05, 0.1) is 6.54 Å². The third-order valence-electron chi connectivity index (χ3n) is 2.61. The van der Waals surface area contributed by atoms with E-state index in [0.29, 0.717) is 17.8 Å². The van der Waals surface area contributed by atoms with Crippen LogP contribution in [0.5, 0.6) is 0 Å². The van der Waals surface area contributed by atoms with E-state index in [1.165, 1.54) is 0 Å². The lowest BCUT2D eigenvalue weighted by atomic mass is 10.2. The number of nitrogens with zero attached hydrogens (tertiary/aromatic N) is 2. The minimum absolute atomic E-state index is 0.0664. The Kier molecular flexibility index (Phi) is 5.49. The molecular formula is C11H17F4N5. The molecule has 0 spiro atoms. The third kappa shape index (κ3) is 3.92. The number of alkyl halides is 4. The zero-order chi connectivity index (χ0) is 15.3. The molecular weight excluding hydrogens is 278 g/mol. The predicted octanol–water partition coefficient (Wildman–Crippen LogP) is 2.34. The first-order chi connectivity index (χ1) is 9.31. The van der Waals surface area contributed by atoms with Crippen LogP contribution in [0.3, 0.4) is 0 Å². The van der Waals surface area contributed by atoms with E-state index in [1.807, 2.05) is 6.92 Å². The number of aryl methyl sites for hydroxylation is 1. The number of hydrazine groups is 1. The summed E-state index contributed by atoms with van der Waals surface area (Å²) in [6.45, 7) is 2.24. The highest BCUT2D eigenvalue weighted by Gasteiger charge is 2.40. The van der Waals surface area contributed by atoms with Gasteiger partial charge in [-0.25, -0.2) is 24.6 Å². The highest BCUT2D eigenvalue weighted by Crippen LogP contribution is 2.25. The van der Waals surface area contributed by atoms with E-state index in [1.54, 1.807) is 6.92 Å². The van der Waals surface area contributed by atoms with Crippen LogP contribution in [0.4, 0.5) is 29.2 Å². The monoisotopic (exact) mass is 295 g/mol. The molecule has 0 aliphatic heterocycles. The Bertz CT molecular complexity index is 453. The van der Waals surface area contributed by atoms with Gasteiger partial charge in [-0.05, 0) is 13.3 Å². The molecule has 0 saturated carbocycles. The summed E-state index contributed by atoms with van der Waals surface area (Å²) in [5.41, 5.74) is 2.71. The van der Waals surface area contributed by atoms with Crippen molar-refractivity contribution in [1.82, 2.24) is 9.97 Å². The van der Waals surface area contributed by atoms with E-state index in [4.69, 9.17) is 5.84 Å². The molecule has 5 nitrogen and oxygen atoms in total. The first-order valence-electron chi connectivity index (χ1n) is 6.05. The Balaban J connectivity index is 2.96. The fourth-order valence-electron chi connectivity index (χ4n) is 1.49. The highest BCUT2D eigenvalue weighted by atomic mass is 19.3. The predicted molar refractivity (Wildman–Crippen MR) is 68.0 cm³/mol. The normalized spacial score (nSPS) is 11.8. The SMILES string of the molecule is CCCc1nc(NN)c(C)c(NCC(F)(F)C(F)F)n1. The summed E-state index contributed by atoms with van der Waals surface area (Å²) in [7, 11) is 0. The maximum Gasteiger partial charge on any atom is 0.324 e. The van der Waals surface area contributed by atoms with Crippen LogP contribution in [0, 0.1) is 6.92 Å². The molecule has 114 valence electrons. The smallest absolute Gasteiger partial charge is 0.324 e. The fraction of sp³-hybridized carbons (Fsp3) is 0.636. The maximum atomic E-state index is 12.9. The average molecular weight is 295 g/mol. The number of hydrogen-bond acceptors (Lipinski definition) is 5. The van der Waals surface area contributed by atoms with Gasteiger partial charge in [0.15, 0.2) is 0 Å². The van der Waals surface area contributed by atoms with Crippen molar-refractivity contribution in [3.05, 3.63) is 11.4 Å². The van der Waals surface area contributed by atoms with E-state index >= 15 is 0 Å². The number of nitrogen functional groups attached to an aromatic ring is 1. The first-order valence-corrected chi connectivity index (χ1v) is 6.05. The van der Waals surface area contributed by atoms with Gasteiger partial charge in [-0.3, -0.25) is 0 Å². The minimum atomic E-state index is -4.13. The summed E-state index contributed by atoms with van der Waals surface area (Å²) in [6, 6.07) is 0. The van der Waals surface area contributed by atoms with Crippen molar-refractivity contribution < 1.29 is 17.6 Å². The van der Waals surface area contributed by atoms with Gasteiger partial charge in [0.1, 0.15) is 17.5 Å². The van der Waals surface area contributed by atoms with Gasteiger partial charge in [0.2, 0.25) is 0 Å². The van der Waals surface area contributed by atoms with Gasteiger partial charge in [-0.1, -0.05) is 6.92 Å². The van der Waals surface area contributed by atoms with E-state index in [9.17, 15) is 17.6 Å². The van der Waals surface area contributed by atoms with Crippen LogP contribution in [-0.2, 0) is 6.42 Å². The molecule has 0 atom stereocenters. The van der Waals surface area contributed by atoms with Crippen LogP contribution in [0.15, 0.2) is 0 Å². The van der Waals surface area contributed by atoms with Gasteiger partial charge in [0.25, 0.3) is 0 Å². The number of nitrogens with one attached hydrogen (secondary N) is 2. The Labute approximate surface area is 113 Å². The molecule has 0 aliphatic carbocycles. The Morgan fingerprint density at radius 2 is 1.85 bits per heavy atom. The van der Waals surface area contributed by atoms with Crippen LogP contribution >= 0.6 is 0 Å². The van der Waals surface area contributed by atoms with Gasteiger partial charge >= 0.3 is 12.3 Å². The Morgan fingerprint density at radius 3 is 2.35 bits per heavy atom. The van der Waals surface area contributed by atoms with E-state index in [2.05, 4.69) is 20.7 Å². The van der Waals surface area contributed by atoms with Crippen molar-refractivity contribution in [3.8, 4) is 0 Å². The van der Waals surface area contributed by atoms with E-state index in [0.717, 1.165) is 6.42 Å². The molecule has 4 N–H and O–H groups in total. The molecule has 0 saturated heterocycles. The lowest BCUT2D eigenvalue weighted by Gasteiger charge is -2.18. The summed E-state index contributed by atoms with van der Waals surface area (Å²) in [5.74, 6) is 1.89. The van der Waals surface area contributed by atoms with Crippen molar-refractivity contribution >= 4 is 11.6 Å². The molecule has 1 aromatic heterocycles. The molecule has 9 heteroatoms. The molecule has 0 unspecified atom stereocenters. The van der Waals surface area contributed by atoms with Gasteiger partial charge < -0.3 is 10.7 Å². The number of halogens is 4. The molecule has 1 heterocycles. The standard InChI is InChI=1S/C11H17F4N5/c1-3-4-7-18-8(6(2)9(19-7)20-16)17-5-11(14,15)10(12)13/h10H,3-5,16H2,1-2H3,(H2,17,18,19,20). The lowest BCUT2D eigenvalue weighted by molar-refractivity contribution is -0.117. The van der Waals surface area contributed by atoms with Crippen molar-refractivity contribution in [2.24, 2.45) is 5.84 Å². The van der Waals surface area contributed by atoms with Crippen LogP contribution in [0.25, 0.3) is 0 Å². The zero-order valence-corrected chi connectivity index (χ0v) is 11.2. The molecule has 1 rings (SSSR count). The molecule has 20 heavy (non-hydrogen) atoms. The van der Waals surface area contributed by atoms with Crippen molar-refractivity contribution in [1.29, 1.82) is 0 Å². The average Bonchev–Trinajstić information content (AvgIpc) is 2.39. The lowest BCUT2D eigenvalue weighted by Crippen LogP contribution is -2.35. The van der Waals surface area contributed by atoms with Crippen molar-refractivity contribution in [2.75, 3.05) is 17.3 Å². The van der Waals surface area contributed by atoms with Crippen LogP contribution in [0.2, 0.25) is 0 Å². The second-order valence-electron chi connectivity index (χ2n) is 4.27. The number of rotatable bonds is 7. The topological polar surface area (TPSA) is 75.9 Å². The molecule has 0 amide bonds. The molecule has 1 aromatic rings. The minimum Gasteiger partial charge on any atom is -0.363 e. The van der Waals surface area contributed by atoms with Crippen LogP contribution < -0.4 is 16.6 Å². The summed E-state index contributed by atoms with van der Waals surface area (Å²) < 4.78 is 50.0. The van der Waals surface area contributed by atoms with Crippen LogP contribution in [0.1, 0.15) is 24.7 Å². The number of aromatic nitrogens is 2. The molecule has 0 aromatic carbocycles. The van der Waals surface area contributed by atoms with Gasteiger partial charge in [0, 0.05) is 12.0 Å². The second-order valence-corrected chi connectivity index (χ2v) is 4.27. The summed E-state index contributed by atoms with van der Waals surface area (Å²) in [6.07, 6.45) is -2.46. The molecule has 0 bridgehead atoms. The fourth-order valence-corrected chi connectivity index (χ4v) is 1.49. The summed E-state index contributed by atoms with van der Waals surface area (Å²) in [4.78, 5) is 8.13. The maximum absolute atomic E-state index is 12.9. The zero-order valence-electron chi connectivity index (χ0n) is 11.2. The molecule has 0 fully saturated rings. The Morgan fingerprint density at radius 1 is 1.25 bits per heavy atom. The highest BCUT2D eigenvalue weighted by molar-refractivity contribution is 5.56. The molecule has 0 aliphatic rings. The number of anilines is 2. The van der Waals surface area contributed by atoms with Crippen molar-refractivity contribution in [3.63, 3.8) is 0 Å². The number of hydrogen-bond donors (Lipinski definition) is 3. The molecule has 0 radical (unpaired) electrons. The van der Waals surface area contributed by atoms with E-state index in [-0.39, 0.29) is 11.6 Å². The third-order valence-corrected chi connectivity index (χ3v) is 2.61. The quantitative estimate of drug-likeness (QED) is 0.409. The van der Waals surface area contributed by atoms with Crippen molar-refractivity contribution in [2.45, 2.75) is 39.0 Å². The summed E-state index contributed by atoms with van der Waals surface area (Å²) >= 11 is 0. The van der Waals surface area contributed by atoms with Gasteiger partial charge in [-0.15, -0.1) is 0 Å². The van der Waals surface area contributed by atoms with Crippen LogP contribution in [-0.4, -0.2) is 28.9 Å². The summed E-state index contributed by atoms with van der Waals surface area (Å²) in [5, 5.41) is 2.23. The first kappa shape index (κ1) is 16.4. The Hall–Kier alpha value is -1.64. The van der Waals surface area contributed by atoms with E-state index < -0.39 is 18.9 Å². The largest absolute Gasteiger partial charge is 0.363 e.